The average Bonchev–Trinajstić information content (AvgIpc) is 2.82. The van der Waals surface area contributed by atoms with Crippen molar-refractivity contribution in [3.63, 3.8) is 0 Å². The number of aromatic nitrogens is 1. The van der Waals surface area contributed by atoms with Crippen LogP contribution >= 0.6 is 0 Å². The molecule has 0 fully saturated rings. The molecule has 88 valence electrons. The fourth-order valence-corrected chi connectivity index (χ4v) is 1.78. The summed E-state index contributed by atoms with van der Waals surface area (Å²) in [5, 5.41) is 0. The molecule has 0 aliphatic rings. The summed E-state index contributed by atoms with van der Waals surface area (Å²) >= 11 is 0. The number of nitrogens with zero attached hydrogens (tertiary/aromatic N) is 1. The van der Waals surface area contributed by atoms with Crippen molar-refractivity contribution in [2.75, 3.05) is 0 Å². The van der Waals surface area contributed by atoms with Crippen molar-refractivity contribution in [2.24, 2.45) is 5.73 Å². The largest absolute Gasteiger partial charge is 0.436 e. The highest BCUT2D eigenvalue weighted by molar-refractivity contribution is 5.96. The van der Waals surface area contributed by atoms with Gasteiger partial charge in [-0.2, -0.15) is 0 Å². The number of fused-ring (bicyclic) bond motifs is 1. The molecular weight excluding hydrogens is 228 g/mol. The molecule has 2 N–H and O–H groups in total. The second kappa shape index (κ2) is 4.00. The summed E-state index contributed by atoms with van der Waals surface area (Å²) in [6.45, 7) is 0. The highest BCUT2D eigenvalue weighted by atomic mass is 16.3. The molecule has 0 spiro atoms. The number of primary amides is 1. The molecule has 0 saturated heterocycles. The van der Waals surface area contributed by atoms with Gasteiger partial charge in [0.05, 0.1) is 0 Å². The van der Waals surface area contributed by atoms with Gasteiger partial charge >= 0.3 is 0 Å². The van der Waals surface area contributed by atoms with Crippen LogP contribution in [-0.4, -0.2) is 10.9 Å². The molecule has 0 bridgehead atoms. The van der Waals surface area contributed by atoms with Crippen LogP contribution in [0.4, 0.5) is 0 Å². The Morgan fingerprint density at radius 1 is 1.11 bits per heavy atom. The molecule has 0 aliphatic carbocycles. The van der Waals surface area contributed by atoms with Crippen molar-refractivity contribution >= 4 is 17.0 Å². The van der Waals surface area contributed by atoms with Gasteiger partial charge in [-0.3, -0.25) is 4.79 Å². The quantitative estimate of drug-likeness (QED) is 0.746. The summed E-state index contributed by atoms with van der Waals surface area (Å²) in [5.74, 6) is 0.0633. The van der Waals surface area contributed by atoms with Gasteiger partial charge in [-0.1, -0.05) is 18.2 Å². The maximum atomic E-state index is 11.1. The van der Waals surface area contributed by atoms with Gasteiger partial charge < -0.3 is 10.2 Å². The Hall–Kier alpha value is -2.62. The van der Waals surface area contributed by atoms with Crippen molar-refractivity contribution in [1.82, 2.24) is 4.98 Å². The minimum Gasteiger partial charge on any atom is -0.436 e. The summed E-state index contributed by atoms with van der Waals surface area (Å²) in [5.41, 5.74) is 7.82. The van der Waals surface area contributed by atoms with Crippen LogP contribution in [0.15, 0.2) is 52.9 Å². The van der Waals surface area contributed by atoms with Crippen molar-refractivity contribution < 1.29 is 9.21 Å². The lowest BCUT2D eigenvalue weighted by Crippen LogP contribution is -2.10. The number of carbonyl (C=O) groups excluding carboxylic acids is 1. The molecule has 0 saturated carbocycles. The van der Waals surface area contributed by atoms with Gasteiger partial charge in [-0.05, 0) is 30.3 Å². The number of hydrogen-bond donors (Lipinski definition) is 1. The van der Waals surface area contributed by atoms with Gasteiger partial charge in [0.1, 0.15) is 5.52 Å². The first-order valence-corrected chi connectivity index (χ1v) is 5.50. The zero-order valence-electron chi connectivity index (χ0n) is 9.46. The minimum atomic E-state index is -0.471. The number of hydrogen-bond acceptors (Lipinski definition) is 3. The molecule has 0 aliphatic heterocycles. The number of benzene rings is 2. The van der Waals surface area contributed by atoms with E-state index in [1.54, 1.807) is 18.2 Å². The van der Waals surface area contributed by atoms with Gasteiger partial charge in [0.25, 0.3) is 0 Å². The molecule has 2 aromatic carbocycles. The molecule has 1 heterocycles. The first-order valence-electron chi connectivity index (χ1n) is 5.50. The van der Waals surface area contributed by atoms with Crippen LogP contribution in [0.25, 0.3) is 22.6 Å². The lowest BCUT2D eigenvalue weighted by atomic mass is 10.2. The molecule has 3 aromatic rings. The van der Waals surface area contributed by atoms with Crippen LogP contribution in [0, 0.1) is 0 Å². The molecule has 4 heteroatoms. The zero-order chi connectivity index (χ0) is 12.5. The van der Waals surface area contributed by atoms with Crippen molar-refractivity contribution in [1.29, 1.82) is 0 Å². The van der Waals surface area contributed by atoms with Crippen LogP contribution in [0.3, 0.4) is 0 Å². The van der Waals surface area contributed by atoms with Crippen LogP contribution in [0.5, 0.6) is 0 Å². The van der Waals surface area contributed by atoms with Gasteiger partial charge in [0.2, 0.25) is 11.8 Å². The van der Waals surface area contributed by atoms with E-state index in [0.717, 1.165) is 5.56 Å². The van der Waals surface area contributed by atoms with E-state index >= 15 is 0 Å². The van der Waals surface area contributed by atoms with Crippen LogP contribution in [0.2, 0.25) is 0 Å². The Balaban J connectivity index is 2.14. The van der Waals surface area contributed by atoms with Gasteiger partial charge in [0.15, 0.2) is 5.58 Å². The van der Waals surface area contributed by atoms with Crippen molar-refractivity contribution in [3.8, 4) is 11.5 Å². The second-order valence-electron chi connectivity index (χ2n) is 3.93. The predicted octanol–water partition coefficient (Wildman–Crippen LogP) is 2.59. The summed E-state index contributed by atoms with van der Waals surface area (Å²) in [4.78, 5) is 15.4. The van der Waals surface area contributed by atoms with Gasteiger partial charge in [-0.15, -0.1) is 0 Å². The summed E-state index contributed by atoms with van der Waals surface area (Å²) in [6, 6.07) is 14.6. The SMILES string of the molecule is NC(=O)c1ccc2oc(-c3ccccc3)nc2c1. The van der Waals surface area contributed by atoms with E-state index in [1.165, 1.54) is 0 Å². The molecule has 0 radical (unpaired) electrons. The molecule has 3 rings (SSSR count). The molecule has 1 amide bonds. The Morgan fingerprint density at radius 2 is 1.89 bits per heavy atom. The fourth-order valence-electron chi connectivity index (χ4n) is 1.78. The Morgan fingerprint density at radius 3 is 2.61 bits per heavy atom. The molecular formula is C14H10N2O2. The number of amides is 1. The number of carbonyl (C=O) groups is 1. The standard InChI is InChI=1S/C14H10N2O2/c15-13(17)10-6-7-12-11(8-10)16-14(18-12)9-4-2-1-3-5-9/h1-8H,(H2,15,17). The minimum absolute atomic E-state index is 0.426. The maximum absolute atomic E-state index is 11.1. The average molecular weight is 238 g/mol. The highest BCUT2D eigenvalue weighted by Crippen LogP contribution is 2.24. The molecule has 1 aromatic heterocycles. The number of oxazole rings is 1. The number of nitrogens with two attached hydrogens (primary N) is 1. The van der Waals surface area contributed by atoms with E-state index in [9.17, 15) is 4.79 Å². The van der Waals surface area contributed by atoms with E-state index in [1.807, 2.05) is 30.3 Å². The Bertz CT molecular complexity index is 717. The molecule has 0 atom stereocenters. The lowest BCUT2D eigenvalue weighted by Gasteiger charge is -1.92. The van der Waals surface area contributed by atoms with Crippen LogP contribution < -0.4 is 5.73 Å². The summed E-state index contributed by atoms with van der Waals surface area (Å²) < 4.78 is 5.63. The molecule has 18 heavy (non-hydrogen) atoms. The summed E-state index contributed by atoms with van der Waals surface area (Å²) in [6.07, 6.45) is 0. The molecule has 4 nitrogen and oxygen atoms in total. The van der Waals surface area contributed by atoms with Crippen molar-refractivity contribution in [2.45, 2.75) is 0 Å². The second-order valence-corrected chi connectivity index (χ2v) is 3.93. The first kappa shape index (κ1) is 10.5. The third-order valence-corrected chi connectivity index (χ3v) is 2.69. The zero-order valence-corrected chi connectivity index (χ0v) is 9.46. The fraction of sp³-hybridized carbons (Fsp3) is 0. The Kier molecular flexibility index (Phi) is 2.34. The third kappa shape index (κ3) is 1.73. The lowest BCUT2D eigenvalue weighted by molar-refractivity contribution is 0.100. The van der Waals surface area contributed by atoms with Crippen LogP contribution in [-0.2, 0) is 0 Å². The normalized spacial score (nSPS) is 10.7. The van der Waals surface area contributed by atoms with Crippen molar-refractivity contribution in [3.05, 3.63) is 54.1 Å². The van der Waals surface area contributed by atoms with E-state index in [0.29, 0.717) is 22.6 Å². The first-order chi connectivity index (χ1) is 8.74. The topological polar surface area (TPSA) is 69.1 Å². The van der Waals surface area contributed by atoms with E-state index in [-0.39, 0.29) is 0 Å². The maximum Gasteiger partial charge on any atom is 0.248 e. The monoisotopic (exact) mass is 238 g/mol. The molecule has 0 unspecified atom stereocenters. The predicted molar refractivity (Wildman–Crippen MR) is 68.0 cm³/mol. The van der Waals surface area contributed by atoms with Gasteiger partial charge in [0, 0.05) is 11.1 Å². The van der Waals surface area contributed by atoms with E-state index in [4.69, 9.17) is 10.2 Å². The summed E-state index contributed by atoms with van der Waals surface area (Å²) in [7, 11) is 0. The smallest absolute Gasteiger partial charge is 0.248 e. The van der Waals surface area contributed by atoms with Crippen LogP contribution in [0.1, 0.15) is 10.4 Å². The van der Waals surface area contributed by atoms with E-state index in [2.05, 4.69) is 4.98 Å². The number of rotatable bonds is 2. The highest BCUT2D eigenvalue weighted by Gasteiger charge is 2.09. The Labute approximate surface area is 103 Å². The third-order valence-electron chi connectivity index (χ3n) is 2.69. The van der Waals surface area contributed by atoms with Gasteiger partial charge in [-0.25, -0.2) is 4.98 Å². The van der Waals surface area contributed by atoms with E-state index < -0.39 is 5.91 Å².